The zero-order chi connectivity index (χ0) is 22.2. The summed E-state index contributed by atoms with van der Waals surface area (Å²) in [6.07, 6.45) is 4.70. The fraction of sp³-hybridized carbons (Fsp3) is 0.222. The van der Waals surface area contributed by atoms with Crippen LogP contribution in [0.5, 0.6) is 5.75 Å². The smallest absolute Gasteiger partial charge is 0.328 e. The van der Waals surface area contributed by atoms with Gasteiger partial charge in [0.25, 0.3) is 0 Å². The molecule has 0 heterocycles. The van der Waals surface area contributed by atoms with Crippen molar-refractivity contribution in [3.63, 3.8) is 0 Å². The van der Waals surface area contributed by atoms with Crippen LogP contribution in [0.25, 0.3) is 17.2 Å². The first-order valence-corrected chi connectivity index (χ1v) is 10.6. The molecule has 3 aromatic carbocycles. The molecule has 3 aromatic rings. The Hall–Kier alpha value is -3.37. The van der Waals surface area contributed by atoms with Crippen LogP contribution in [0, 0.1) is 6.92 Å². The molecule has 0 aliphatic heterocycles. The van der Waals surface area contributed by atoms with E-state index < -0.39 is 5.97 Å². The maximum Gasteiger partial charge on any atom is 0.328 e. The van der Waals surface area contributed by atoms with Crippen LogP contribution >= 0.6 is 0 Å². The Kier molecular flexibility index (Phi) is 7.63. The van der Waals surface area contributed by atoms with Crippen molar-refractivity contribution in [1.82, 2.24) is 0 Å². The van der Waals surface area contributed by atoms with Gasteiger partial charge in [0.15, 0.2) is 0 Å². The van der Waals surface area contributed by atoms with Gasteiger partial charge in [-0.1, -0.05) is 73.5 Å². The molecule has 0 fully saturated rings. The summed E-state index contributed by atoms with van der Waals surface area (Å²) < 4.78 is 6.00. The molecule has 0 radical (unpaired) electrons. The van der Waals surface area contributed by atoms with Crippen molar-refractivity contribution in [2.45, 2.75) is 39.3 Å². The summed E-state index contributed by atoms with van der Waals surface area (Å²) in [6.45, 7) is 4.59. The predicted octanol–water partition coefficient (Wildman–Crippen LogP) is 6.14. The normalized spacial score (nSPS) is 12.1. The highest BCUT2D eigenvalue weighted by molar-refractivity contribution is 5.86. The summed E-state index contributed by atoms with van der Waals surface area (Å²) in [7, 11) is 0. The number of hydrogen-bond donors (Lipinski definition) is 2. The van der Waals surface area contributed by atoms with Gasteiger partial charge in [0.1, 0.15) is 12.4 Å². The maximum atomic E-state index is 11.1. The third-order valence-electron chi connectivity index (χ3n) is 5.20. The minimum Gasteiger partial charge on any atom is -0.488 e. The van der Waals surface area contributed by atoms with Crippen molar-refractivity contribution in [1.29, 1.82) is 0 Å². The molecule has 0 aliphatic rings. The van der Waals surface area contributed by atoms with E-state index in [1.807, 2.05) is 49.4 Å². The van der Waals surface area contributed by atoms with Crippen molar-refractivity contribution in [2.24, 2.45) is 5.73 Å². The van der Waals surface area contributed by atoms with Gasteiger partial charge in [-0.2, -0.15) is 0 Å². The van der Waals surface area contributed by atoms with E-state index in [2.05, 4.69) is 31.2 Å². The number of nitrogens with two attached hydrogens (primary N) is 1. The Morgan fingerprint density at radius 2 is 1.71 bits per heavy atom. The highest BCUT2D eigenvalue weighted by atomic mass is 16.5. The second kappa shape index (κ2) is 10.6. The molecule has 160 valence electrons. The molecule has 1 atom stereocenters. The van der Waals surface area contributed by atoms with Crippen molar-refractivity contribution in [3.8, 4) is 16.9 Å². The number of aryl methyl sites for hydroxylation is 1. The number of benzene rings is 3. The van der Waals surface area contributed by atoms with Gasteiger partial charge in [-0.3, -0.25) is 0 Å². The first-order valence-electron chi connectivity index (χ1n) is 10.6. The lowest BCUT2D eigenvalue weighted by molar-refractivity contribution is -0.131. The molecule has 1 unspecified atom stereocenters. The molecular weight excluding hydrogens is 386 g/mol. The van der Waals surface area contributed by atoms with Gasteiger partial charge in [-0.05, 0) is 53.8 Å². The minimum absolute atomic E-state index is 0.0469. The number of carbonyl (C=O) groups is 1. The molecule has 0 saturated carbocycles. The maximum absolute atomic E-state index is 11.1. The zero-order valence-corrected chi connectivity index (χ0v) is 18.0. The summed E-state index contributed by atoms with van der Waals surface area (Å²) in [5.41, 5.74) is 12.3. The fourth-order valence-electron chi connectivity index (χ4n) is 3.40. The molecule has 31 heavy (non-hydrogen) atoms. The van der Waals surface area contributed by atoms with Gasteiger partial charge in [0.2, 0.25) is 0 Å². The highest BCUT2D eigenvalue weighted by Crippen LogP contribution is 2.29. The van der Waals surface area contributed by atoms with Gasteiger partial charge < -0.3 is 15.6 Å². The van der Waals surface area contributed by atoms with Crippen LogP contribution in [0.3, 0.4) is 0 Å². The van der Waals surface area contributed by atoms with Crippen LogP contribution < -0.4 is 10.5 Å². The van der Waals surface area contributed by atoms with E-state index in [4.69, 9.17) is 15.6 Å². The lowest BCUT2D eigenvalue weighted by Crippen LogP contribution is -2.09. The number of ether oxygens (including phenoxy) is 1. The molecule has 0 amide bonds. The standard InChI is InChI=1S/C27H29NO3/c1-3-4-25(28)22-11-9-21(10-12-22)23-13-15-26(24(17-23)14-16-27(29)30)31-18-20-7-5-19(2)6-8-20/h5-17,25H,3-4,18,28H2,1-2H3,(H,29,30)/b16-14+. The summed E-state index contributed by atoms with van der Waals surface area (Å²) in [6, 6.07) is 22.3. The van der Waals surface area contributed by atoms with E-state index in [-0.39, 0.29) is 6.04 Å². The molecule has 0 spiro atoms. The molecule has 0 aliphatic carbocycles. The van der Waals surface area contributed by atoms with Crippen molar-refractivity contribution in [2.75, 3.05) is 0 Å². The Morgan fingerprint density at radius 1 is 1.03 bits per heavy atom. The van der Waals surface area contributed by atoms with Gasteiger partial charge in [-0.25, -0.2) is 4.79 Å². The molecule has 0 aromatic heterocycles. The molecule has 0 saturated heterocycles. The topological polar surface area (TPSA) is 72.5 Å². The SMILES string of the molecule is CCCC(N)c1ccc(-c2ccc(OCc3ccc(C)cc3)c(/C=C/C(=O)O)c2)cc1. The lowest BCUT2D eigenvalue weighted by Gasteiger charge is -2.13. The molecule has 0 bridgehead atoms. The van der Waals surface area contributed by atoms with Crippen LogP contribution in [0.4, 0.5) is 0 Å². The second-order valence-corrected chi connectivity index (χ2v) is 7.72. The van der Waals surface area contributed by atoms with Gasteiger partial charge in [0, 0.05) is 17.7 Å². The average molecular weight is 416 g/mol. The first-order chi connectivity index (χ1) is 15.0. The molecular formula is C27H29NO3. The van der Waals surface area contributed by atoms with Gasteiger partial charge in [-0.15, -0.1) is 0 Å². The predicted molar refractivity (Wildman–Crippen MR) is 126 cm³/mol. The summed E-state index contributed by atoms with van der Waals surface area (Å²) in [5.74, 6) is -0.354. The van der Waals surface area contributed by atoms with E-state index in [1.54, 1.807) is 6.08 Å². The Balaban J connectivity index is 1.84. The minimum atomic E-state index is -0.996. The quantitative estimate of drug-likeness (QED) is 0.412. The molecule has 4 nitrogen and oxygen atoms in total. The van der Waals surface area contributed by atoms with E-state index in [0.29, 0.717) is 12.4 Å². The van der Waals surface area contributed by atoms with Gasteiger partial charge in [0.05, 0.1) is 0 Å². The Labute approximate surface area is 184 Å². The van der Waals surface area contributed by atoms with Crippen molar-refractivity contribution in [3.05, 3.63) is 95.1 Å². The number of carboxylic acid groups (broad SMARTS) is 1. The zero-order valence-electron chi connectivity index (χ0n) is 18.0. The summed E-state index contributed by atoms with van der Waals surface area (Å²) in [5, 5.41) is 9.07. The van der Waals surface area contributed by atoms with Gasteiger partial charge >= 0.3 is 5.97 Å². The lowest BCUT2D eigenvalue weighted by atomic mass is 9.97. The van der Waals surface area contributed by atoms with Crippen LogP contribution in [0.2, 0.25) is 0 Å². The Bertz CT molecular complexity index is 1040. The third kappa shape index (κ3) is 6.30. The second-order valence-electron chi connectivity index (χ2n) is 7.72. The number of aliphatic carboxylic acids is 1. The van der Waals surface area contributed by atoms with E-state index in [1.165, 1.54) is 5.56 Å². The first kappa shape index (κ1) is 22.3. The molecule has 4 heteroatoms. The van der Waals surface area contributed by atoms with Crippen molar-refractivity contribution < 1.29 is 14.6 Å². The van der Waals surface area contributed by atoms with Crippen LogP contribution in [-0.4, -0.2) is 11.1 Å². The Morgan fingerprint density at radius 3 is 2.35 bits per heavy atom. The highest BCUT2D eigenvalue weighted by Gasteiger charge is 2.08. The van der Waals surface area contributed by atoms with E-state index >= 15 is 0 Å². The monoisotopic (exact) mass is 415 g/mol. The fourth-order valence-corrected chi connectivity index (χ4v) is 3.40. The number of rotatable bonds is 9. The largest absolute Gasteiger partial charge is 0.488 e. The summed E-state index contributed by atoms with van der Waals surface area (Å²) in [4.78, 5) is 11.1. The van der Waals surface area contributed by atoms with Crippen molar-refractivity contribution >= 4 is 12.0 Å². The molecule has 3 rings (SSSR count). The molecule has 3 N–H and O–H groups in total. The summed E-state index contributed by atoms with van der Waals surface area (Å²) >= 11 is 0. The number of carboxylic acids is 1. The third-order valence-corrected chi connectivity index (χ3v) is 5.20. The van der Waals surface area contributed by atoms with E-state index in [0.717, 1.165) is 46.7 Å². The van der Waals surface area contributed by atoms with Crippen LogP contribution in [-0.2, 0) is 11.4 Å². The van der Waals surface area contributed by atoms with Crippen LogP contribution in [0.15, 0.2) is 72.8 Å². The van der Waals surface area contributed by atoms with E-state index in [9.17, 15) is 4.79 Å². The average Bonchev–Trinajstić information content (AvgIpc) is 2.78. The number of hydrogen-bond acceptors (Lipinski definition) is 3. The van der Waals surface area contributed by atoms with Crippen LogP contribution in [0.1, 0.15) is 48.1 Å².